The normalized spacial score (nSPS) is 20.4. The fourth-order valence-corrected chi connectivity index (χ4v) is 5.82. The second-order valence-electron chi connectivity index (χ2n) is 8.13. The van der Waals surface area contributed by atoms with Crippen LogP contribution in [0.4, 0.5) is 0 Å². The van der Waals surface area contributed by atoms with Gasteiger partial charge in [0.2, 0.25) is 0 Å². The molecule has 0 radical (unpaired) electrons. The van der Waals surface area contributed by atoms with E-state index in [0.29, 0.717) is 0 Å². The van der Waals surface area contributed by atoms with E-state index in [1.165, 1.54) is 73.4 Å². The molecule has 2 aliphatic rings. The predicted octanol–water partition coefficient (Wildman–Crippen LogP) is 6.78. The fraction of sp³-hybridized carbons (Fsp3) is 0.500. The van der Waals surface area contributed by atoms with Crippen molar-refractivity contribution in [1.29, 1.82) is 0 Å². The van der Waals surface area contributed by atoms with E-state index >= 15 is 0 Å². The lowest BCUT2D eigenvalue weighted by molar-refractivity contribution is 0.334. The van der Waals surface area contributed by atoms with Gasteiger partial charge in [0.15, 0.2) is 0 Å². The number of hydrogen-bond donors (Lipinski definition) is 0. The van der Waals surface area contributed by atoms with Gasteiger partial charge in [0, 0.05) is 22.8 Å². The van der Waals surface area contributed by atoms with E-state index in [9.17, 15) is 0 Å². The van der Waals surface area contributed by atoms with Gasteiger partial charge in [-0.1, -0.05) is 56.0 Å². The highest BCUT2D eigenvalue weighted by atomic mass is 32.1. The SMILES string of the molecule is Cc1sc(-c2ccccc2)cc1C1=C(C2CCCCCC2)CN(C)CC1. The summed E-state index contributed by atoms with van der Waals surface area (Å²) >= 11 is 1.97. The Morgan fingerprint density at radius 3 is 2.46 bits per heavy atom. The first-order valence-electron chi connectivity index (χ1n) is 10.3. The van der Waals surface area contributed by atoms with Crippen LogP contribution in [0.25, 0.3) is 16.0 Å². The molecular weight excluding hydrogens is 334 g/mol. The largest absolute Gasteiger partial charge is 0.302 e. The standard InChI is InChI=1S/C24H31NS/c1-18-22(16-24(26-18)20-12-8-5-9-13-20)21-14-15-25(2)17-23(21)19-10-6-3-4-7-11-19/h5,8-9,12-13,16,19H,3-4,6-7,10-11,14-15,17H2,1-2H3. The Hall–Kier alpha value is -1.38. The quantitative estimate of drug-likeness (QED) is 0.542. The highest BCUT2D eigenvalue weighted by Crippen LogP contribution is 2.41. The van der Waals surface area contributed by atoms with E-state index in [2.05, 4.69) is 55.3 Å². The minimum absolute atomic E-state index is 0.815. The van der Waals surface area contributed by atoms with Crippen LogP contribution in [0.15, 0.2) is 42.0 Å². The summed E-state index contributed by atoms with van der Waals surface area (Å²) in [7, 11) is 2.29. The number of likely N-dealkylation sites (N-methyl/N-ethyl adjacent to an activating group) is 1. The zero-order chi connectivity index (χ0) is 17.9. The molecule has 0 bridgehead atoms. The first kappa shape index (κ1) is 18.0. The van der Waals surface area contributed by atoms with E-state index in [1.54, 1.807) is 16.7 Å². The molecule has 2 heterocycles. The van der Waals surface area contributed by atoms with Crippen molar-refractivity contribution >= 4 is 16.9 Å². The van der Waals surface area contributed by atoms with Crippen molar-refractivity contribution in [2.75, 3.05) is 20.1 Å². The summed E-state index contributed by atoms with van der Waals surface area (Å²) in [4.78, 5) is 5.45. The summed E-state index contributed by atoms with van der Waals surface area (Å²) in [6, 6.07) is 13.4. The van der Waals surface area contributed by atoms with Crippen molar-refractivity contribution in [3.8, 4) is 10.4 Å². The van der Waals surface area contributed by atoms with Gasteiger partial charge < -0.3 is 4.90 Å². The molecule has 1 fully saturated rings. The molecule has 1 aliphatic heterocycles. The van der Waals surface area contributed by atoms with Crippen molar-refractivity contribution in [1.82, 2.24) is 4.90 Å². The highest BCUT2D eigenvalue weighted by molar-refractivity contribution is 7.15. The maximum atomic E-state index is 2.53. The van der Waals surface area contributed by atoms with Gasteiger partial charge in [0.25, 0.3) is 0 Å². The molecule has 26 heavy (non-hydrogen) atoms. The van der Waals surface area contributed by atoms with Crippen molar-refractivity contribution in [3.63, 3.8) is 0 Å². The van der Waals surface area contributed by atoms with Crippen molar-refractivity contribution < 1.29 is 0 Å². The molecule has 1 aromatic heterocycles. The Balaban J connectivity index is 1.73. The highest BCUT2D eigenvalue weighted by Gasteiger charge is 2.26. The molecule has 138 valence electrons. The minimum atomic E-state index is 0.815. The Labute approximate surface area is 162 Å². The van der Waals surface area contributed by atoms with Gasteiger partial charge in [-0.15, -0.1) is 11.3 Å². The number of rotatable bonds is 3. The number of hydrogen-bond acceptors (Lipinski definition) is 2. The van der Waals surface area contributed by atoms with Gasteiger partial charge in [0.05, 0.1) is 0 Å². The summed E-state index contributed by atoms with van der Waals surface area (Å²) < 4.78 is 0. The van der Waals surface area contributed by atoms with E-state index in [4.69, 9.17) is 0 Å². The Bertz CT molecular complexity index is 763. The third-order valence-electron chi connectivity index (χ3n) is 6.22. The lowest BCUT2D eigenvalue weighted by Gasteiger charge is -2.32. The van der Waals surface area contributed by atoms with Gasteiger partial charge in [-0.25, -0.2) is 0 Å². The minimum Gasteiger partial charge on any atom is -0.302 e. The molecule has 2 aromatic rings. The van der Waals surface area contributed by atoms with Gasteiger partial charge in [0.1, 0.15) is 0 Å². The second-order valence-corrected chi connectivity index (χ2v) is 9.38. The van der Waals surface area contributed by atoms with Crippen molar-refractivity contribution in [2.45, 2.75) is 51.9 Å². The van der Waals surface area contributed by atoms with Crippen molar-refractivity contribution in [3.05, 3.63) is 52.4 Å². The molecular formula is C24H31NS. The maximum Gasteiger partial charge on any atom is 0.0351 e. The molecule has 1 aliphatic carbocycles. The average Bonchev–Trinajstić information content (AvgIpc) is 2.87. The average molecular weight is 366 g/mol. The molecule has 0 unspecified atom stereocenters. The van der Waals surface area contributed by atoms with E-state index in [-0.39, 0.29) is 0 Å². The third-order valence-corrected chi connectivity index (χ3v) is 7.32. The van der Waals surface area contributed by atoms with Crippen LogP contribution in [0.2, 0.25) is 0 Å². The van der Waals surface area contributed by atoms with Crippen LogP contribution in [0, 0.1) is 12.8 Å². The smallest absolute Gasteiger partial charge is 0.0351 e. The summed E-state index contributed by atoms with van der Waals surface area (Å²) in [5.41, 5.74) is 6.35. The maximum absolute atomic E-state index is 2.53. The number of benzene rings is 1. The van der Waals surface area contributed by atoms with Gasteiger partial charge >= 0.3 is 0 Å². The van der Waals surface area contributed by atoms with Crippen LogP contribution in [0.3, 0.4) is 0 Å². The van der Waals surface area contributed by atoms with Gasteiger partial charge in [-0.2, -0.15) is 0 Å². The number of nitrogens with zero attached hydrogens (tertiary/aromatic N) is 1. The molecule has 0 atom stereocenters. The third kappa shape index (κ3) is 3.82. The van der Waals surface area contributed by atoms with Crippen LogP contribution >= 0.6 is 11.3 Å². The van der Waals surface area contributed by atoms with Gasteiger partial charge in [-0.3, -0.25) is 0 Å². The second kappa shape index (κ2) is 8.10. The topological polar surface area (TPSA) is 3.24 Å². The van der Waals surface area contributed by atoms with Crippen LogP contribution in [-0.4, -0.2) is 25.0 Å². The molecule has 0 N–H and O–H groups in total. The molecule has 4 rings (SSSR count). The van der Waals surface area contributed by atoms with Gasteiger partial charge in [-0.05, 0) is 67.5 Å². The van der Waals surface area contributed by atoms with Crippen LogP contribution in [0.5, 0.6) is 0 Å². The molecule has 1 aromatic carbocycles. The molecule has 2 heteroatoms. The summed E-state index contributed by atoms with van der Waals surface area (Å²) in [6.45, 7) is 4.69. The Morgan fingerprint density at radius 2 is 1.73 bits per heavy atom. The summed E-state index contributed by atoms with van der Waals surface area (Å²) in [5.74, 6) is 0.815. The fourth-order valence-electron chi connectivity index (χ4n) is 4.77. The lowest BCUT2D eigenvalue weighted by atomic mass is 9.82. The van der Waals surface area contributed by atoms with Crippen LogP contribution < -0.4 is 0 Å². The van der Waals surface area contributed by atoms with Crippen molar-refractivity contribution in [2.24, 2.45) is 5.92 Å². The molecule has 0 spiro atoms. The predicted molar refractivity (Wildman–Crippen MR) is 115 cm³/mol. The first-order chi connectivity index (χ1) is 12.7. The Kier molecular flexibility index (Phi) is 5.61. The number of thiophene rings is 1. The zero-order valence-electron chi connectivity index (χ0n) is 16.3. The molecule has 0 amide bonds. The van der Waals surface area contributed by atoms with Crippen LogP contribution in [0.1, 0.15) is 55.4 Å². The molecule has 1 nitrogen and oxygen atoms in total. The Morgan fingerprint density at radius 1 is 1.00 bits per heavy atom. The van der Waals surface area contributed by atoms with E-state index in [0.717, 1.165) is 5.92 Å². The van der Waals surface area contributed by atoms with E-state index in [1.807, 2.05) is 11.3 Å². The monoisotopic (exact) mass is 365 g/mol. The first-order valence-corrected chi connectivity index (χ1v) is 11.1. The zero-order valence-corrected chi connectivity index (χ0v) is 17.1. The summed E-state index contributed by atoms with van der Waals surface area (Å²) in [5, 5.41) is 0. The molecule has 0 saturated heterocycles. The summed E-state index contributed by atoms with van der Waals surface area (Å²) in [6.07, 6.45) is 9.73. The number of aryl methyl sites for hydroxylation is 1. The molecule has 1 saturated carbocycles. The lowest BCUT2D eigenvalue weighted by Crippen LogP contribution is -2.30. The van der Waals surface area contributed by atoms with E-state index < -0.39 is 0 Å². The van der Waals surface area contributed by atoms with Crippen LogP contribution in [-0.2, 0) is 0 Å².